The molecule has 2 aromatic heterocycles. The van der Waals surface area contributed by atoms with Gasteiger partial charge in [0.15, 0.2) is 0 Å². The van der Waals surface area contributed by atoms with E-state index in [9.17, 15) is 4.79 Å². The van der Waals surface area contributed by atoms with E-state index >= 15 is 0 Å². The highest BCUT2D eigenvalue weighted by atomic mass is 32.1. The normalized spacial score (nSPS) is 10.5. The van der Waals surface area contributed by atoms with Gasteiger partial charge in [0, 0.05) is 12.3 Å². The first kappa shape index (κ1) is 13.5. The molecule has 0 radical (unpaired) electrons. The van der Waals surface area contributed by atoms with Crippen LogP contribution in [0.15, 0.2) is 24.5 Å². The van der Waals surface area contributed by atoms with Crippen molar-refractivity contribution in [3.63, 3.8) is 0 Å². The number of hydrogen-bond acceptors (Lipinski definition) is 5. The number of methoxy groups -OCH3 is 1. The maximum atomic E-state index is 12.0. The molecule has 0 saturated carbocycles. The van der Waals surface area contributed by atoms with Crippen molar-refractivity contribution >= 4 is 23.1 Å². The molecule has 0 aliphatic heterocycles. The first-order chi connectivity index (χ1) is 9.10. The van der Waals surface area contributed by atoms with Gasteiger partial charge in [-0.05, 0) is 29.1 Å². The number of hydrogen-bond donors (Lipinski definition) is 1. The summed E-state index contributed by atoms with van der Waals surface area (Å²) in [4.78, 5) is 16.6. The van der Waals surface area contributed by atoms with Crippen molar-refractivity contribution in [2.45, 2.75) is 19.8 Å². The molecular formula is C13H15N3O2S. The number of anilines is 1. The van der Waals surface area contributed by atoms with E-state index in [0.717, 1.165) is 17.1 Å². The zero-order chi connectivity index (χ0) is 13.8. The van der Waals surface area contributed by atoms with E-state index in [1.165, 1.54) is 7.11 Å². The zero-order valence-electron chi connectivity index (χ0n) is 11.0. The Morgan fingerprint density at radius 1 is 1.37 bits per heavy atom. The molecule has 2 aromatic rings. The average Bonchev–Trinajstić information content (AvgIpc) is 2.88. The molecule has 2 rings (SSSR count). The average molecular weight is 277 g/mol. The molecule has 19 heavy (non-hydrogen) atoms. The van der Waals surface area contributed by atoms with Gasteiger partial charge in [-0.3, -0.25) is 9.78 Å². The van der Waals surface area contributed by atoms with Gasteiger partial charge in [0.05, 0.1) is 19.0 Å². The van der Waals surface area contributed by atoms with Gasteiger partial charge in [-0.1, -0.05) is 13.8 Å². The molecule has 6 heteroatoms. The molecule has 1 N–H and O–H groups in total. The molecule has 0 saturated heterocycles. The van der Waals surface area contributed by atoms with E-state index in [1.54, 1.807) is 18.5 Å². The molecule has 0 unspecified atom stereocenters. The Morgan fingerprint density at radius 2 is 2.16 bits per heavy atom. The third kappa shape index (κ3) is 3.29. The van der Waals surface area contributed by atoms with Gasteiger partial charge in [-0.2, -0.15) is 4.37 Å². The summed E-state index contributed by atoms with van der Waals surface area (Å²) in [6.45, 7) is 4.16. The molecule has 0 aliphatic rings. The predicted octanol–water partition coefficient (Wildman–Crippen LogP) is 2.92. The summed E-state index contributed by atoms with van der Waals surface area (Å²) in [6, 6.07) is 3.54. The van der Waals surface area contributed by atoms with Crippen molar-refractivity contribution in [1.82, 2.24) is 9.36 Å². The number of rotatable bonds is 4. The second-order valence-corrected chi connectivity index (χ2v) is 5.15. The van der Waals surface area contributed by atoms with Crippen LogP contribution < -0.4 is 10.1 Å². The van der Waals surface area contributed by atoms with Crippen molar-refractivity contribution in [2.24, 2.45) is 0 Å². The molecule has 2 heterocycles. The Kier molecular flexibility index (Phi) is 4.11. The lowest BCUT2D eigenvalue weighted by molar-refractivity contribution is 0.103. The summed E-state index contributed by atoms with van der Waals surface area (Å²) >= 11 is 1.10. The third-order valence-corrected chi connectivity index (χ3v) is 3.38. The van der Waals surface area contributed by atoms with E-state index in [0.29, 0.717) is 22.4 Å². The SMILES string of the molecule is COc1cc(C(=O)Nc2cncc(C(C)C)c2)sn1. The van der Waals surface area contributed by atoms with Crippen molar-refractivity contribution in [1.29, 1.82) is 0 Å². The molecule has 0 aliphatic carbocycles. The van der Waals surface area contributed by atoms with Crippen LogP contribution >= 0.6 is 11.5 Å². The lowest BCUT2D eigenvalue weighted by atomic mass is 10.1. The van der Waals surface area contributed by atoms with Crippen molar-refractivity contribution in [3.05, 3.63) is 35.0 Å². The van der Waals surface area contributed by atoms with Crippen molar-refractivity contribution in [2.75, 3.05) is 12.4 Å². The van der Waals surface area contributed by atoms with Crippen LogP contribution in [0.4, 0.5) is 5.69 Å². The van der Waals surface area contributed by atoms with Gasteiger partial charge in [0.2, 0.25) is 5.88 Å². The van der Waals surface area contributed by atoms with Crippen LogP contribution in [0, 0.1) is 0 Å². The van der Waals surface area contributed by atoms with Crippen molar-refractivity contribution in [3.8, 4) is 5.88 Å². The van der Waals surface area contributed by atoms with E-state index in [4.69, 9.17) is 4.74 Å². The summed E-state index contributed by atoms with van der Waals surface area (Å²) in [5, 5.41) is 2.80. The predicted molar refractivity (Wildman–Crippen MR) is 74.9 cm³/mol. The minimum absolute atomic E-state index is 0.205. The van der Waals surface area contributed by atoms with Crippen LogP contribution in [-0.2, 0) is 0 Å². The summed E-state index contributed by atoms with van der Waals surface area (Å²) in [5.41, 5.74) is 1.77. The molecular weight excluding hydrogens is 262 g/mol. The van der Waals surface area contributed by atoms with Crippen LogP contribution in [0.3, 0.4) is 0 Å². The van der Waals surface area contributed by atoms with Gasteiger partial charge in [-0.25, -0.2) is 0 Å². The highest BCUT2D eigenvalue weighted by Crippen LogP contribution is 2.20. The maximum absolute atomic E-state index is 12.0. The number of carbonyl (C=O) groups excluding carboxylic acids is 1. The van der Waals surface area contributed by atoms with Gasteiger partial charge in [0.25, 0.3) is 5.91 Å². The molecule has 0 fully saturated rings. The molecule has 5 nitrogen and oxygen atoms in total. The van der Waals surface area contributed by atoms with Crippen LogP contribution in [-0.4, -0.2) is 22.4 Å². The number of pyridine rings is 1. The Bertz CT molecular complexity index is 581. The number of ether oxygens (including phenoxy) is 1. The van der Waals surface area contributed by atoms with Crippen molar-refractivity contribution < 1.29 is 9.53 Å². The lowest BCUT2D eigenvalue weighted by Gasteiger charge is -2.07. The fourth-order valence-corrected chi connectivity index (χ4v) is 2.10. The highest BCUT2D eigenvalue weighted by Gasteiger charge is 2.12. The Morgan fingerprint density at radius 3 is 2.79 bits per heavy atom. The maximum Gasteiger partial charge on any atom is 0.267 e. The fourth-order valence-electron chi connectivity index (χ4n) is 1.50. The van der Waals surface area contributed by atoms with E-state index in [2.05, 4.69) is 28.5 Å². The molecule has 100 valence electrons. The lowest BCUT2D eigenvalue weighted by Crippen LogP contribution is -2.10. The quantitative estimate of drug-likeness (QED) is 0.933. The fraction of sp³-hybridized carbons (Fsp3) is 0.308. The summed E-state index contributed by atoms with van der Waals surface area (Å²) < 4.78 is 8.94. The topological polar surface area (TPSA) is 64.1 Å². The molecule has 0 spiro atoms. The number of nitrogens with zero attached hydrogens (tertiary/aromatic N) is 2. The Balaban J connectivity index is 2.12. The monoisotopic (exact) mass is 277 g/mol. The summed E-state index contributed by atoms with van der Waals surface area (Å²) in [6.07, 6.45) is 3.43. The van der Waals surface area contributed by atoms with Gasteiger partial charge >= 0.3 is 0 Å². The first-order valence-corrected chi connectivity index (χ1v) is 6.64. The van der Waals surface area contributed by atoms with Crippen LogP contribution in [0.5, 0.6) is 5.88 Å². The van der Waals surface area contributed by atoms with E-state index < -0.39 is 0 Å². The first-order valence-electron chi connectivity index (χ1n) is 5.87. The second-order valence-electron chi connectivity index (χ2n) is 4.35. The minimum Gasteiger partial charge on any atom is -0.480 e. The number of nitrogens with one attached hydrogen (secondary N) is 1. The third-order valence-electron chi connectivity index (χ3n) is 2.61. The van der Waals surface area contributed by atoms with E-state index in [1.807, 2.05) is 6.07 Å². The van der Waals surface area contributed by atoms with E-state index in [-0.39, 0.29) is 5.91 Å². The highest BCUT2D eigenvalue weighted by molar-refractivity contribution is 7.08. The minimum atomic E-state index is -0.205. The number of aromatic nitrogens is 2. The second kappa shape index (κ2) is 5.79. The Labute approximate surface area is 115 Å². The van der Waals surface area contributed by atoms with Crippen LogP contribution in [0.1, 0.15) is 35.0 Å². The molecule has 0 aromatic carbocycles. The van der Waals surface area contributed by atoms with Crippen LogP contribution in [0.2, 0.25) is 0 Å². The Hall–Kier alpha value is -1.95. The zero-order valence-corrected chi connectivity index (χ0v) is 11.8. The van der Waals surface area contributed by atoms with Crippen LogP contribution in [0.25, 0.3) is 0 Å². The summed E-state index contributed by atoms with van der Waals surface area (Å²) in [7, 11) is 1.52. The summed E-state index contributed by atoms with van der Waals surface area (Å²) in [5.74, 6) is 0.612. The largest absolute Gasteiger partial charge is 0.480 e. The van der Waals surface area contributed by atoms with Gasteiger partial charge in [-0.15, -0.1) is 0 Å². The molecule has 0 atom stereocenters. The van der Waals surface area contributed by atoms with Gasteiger partial charge < -0.3 is 10.1 Å². The molecule has 1 amide bonds. The number of amides is 1. The number of carbonyl (C=O) groups is 1. The van der Waals surface area contributed by atoms with Gasteiger partial charge in [0.1, 0.15) is 4.88 Å². The molecule has 0 bridgehead atoms. The smallest absolute Gasteiger partial charge is 0.267 e. The standard InChI is InChI=1S/C13H15N3O2S/c1-8(2)9-4-10(7-14-6-9)15-13(17)11-5-12(18-3)16-19-11/h4-8H,1-3H3,(H,15,17).